The number of benzene rings is 2. The number of likely N-dealkylation sites (tertiary alicyclic amines) is 1. The van der Waals surface area contributed by atoms with Crippen molar-refractivity contribution in [3.63, 3.8) is 0 Å². The highest BCUT2D eigenvalue weighted by atomic mass is 32.2. The number of ether oxygens (including phenoxy) is 1. The molecule has 3 aromatic rings. The van der Waals surface area contributed by atoms with Crippen LogP contribution in [0.3, 0.4) is 0 Å². The summed E-state index contributed by atoms with van der Waals surface area (Å²) < 4.78 is 36.5. The molecule has 9 rings (SSSR count). The molecule has 1 N–H and O–H groups in total. The van der Waals surface area contributed by atoms with E-state index in [1.807, 2.05) is 18.2 Å². The fourth-order valence-corrected chi connectivity index (χ4v) is 11.5. The summed E-state index contributed by atoms with van der Waals surface area (Å²) in [5.74, 6) is 0.860. The minimum Gasteiger partial charge on any atom is -0.497 e. The molecule has 1 aromatic heterocycles. The maximum Gasteiger partial charge on any atom is 0.303 e. The molecule has 4 aliphatic carbocycles. The molecule has 10 nitrogen and oxygen atoms in total. The highest BCUT2D eigenvalue weighted by Crippen LogP contribution is 2.73. The number of hydrogen-bond acceptors (Lipinski definition) is 6. The number of methoxy groups -OCH3 is 1. The molecule has 2 aliphatic heterocycles. The highest BCUT2D eigenvalue weighted by molar-refractivity contribution is 7.87. The Morgan fingerprint density at radius 1 is 0.980 bits per heavy atom. The number of aromatic nitrogens is 1. The summed E-state index contributed by atoms with van der Waals surface area (Å²) in [7, 11) is 4.87. The fraction of sp³-hybridized carbons (Fsp3) is 0.579. The first-order valence-electron chi connectivity index (χ1n) is 18.0. The Kier molecular flexibility index (Phi) is 6.80. The standard InChI is InChI=1S/C38H47N5O5S/c1-40(2)31-19-32-38(31)16-15-30(38)43(32)36(45)37-20-28(37)27-18-24(48-5)12-14-25(27)34-33(22-9-7-6-8-10-22)26-13-11-23(17-29(26)42(34)21-37)35(44)39-49(46,47)41(3)4/h11-14,17-18,22,28,30-32H,6-10,15-16,19-21H2,1-5H3,(H,39,44). The molecule has 2 aromatic carbocycles. The topological polar surface area (TPSA) is 104 Å². The molecule has 6 unspecified atom stereocenters. The molecular formula is C38H47N5O5S. The van der Waals surface area contributed by atoms with E-state index in [2.05, 4.69) is 45.3 Å². The Bertz CT molecular complexity index is 2020. The maximum atomic E-state index is 15.1. The zero-order chi connectivity index (χ0) is 34.2. The van der Waals surface area contributed by atoms with E-state index in [1.54, 1.807) is 13.2 Å². The average molecular weight is 686 g/mol. The summed E-state index contributed by atoms with van der Waals surface area (Å²) in [6.45, 7) is 0.535. The third-order valence-electron chi connectivity index (χ3n) is 13.6. The molecule has 4 saturated carbocycles. The van der Waals surface area contributed by atoms with Crippen molar-refractivity contribution in [3.05, 3.63) is 53.1 Å². The zero-order valence-electron chi connectivity index (χ0n) is 29.2. The lowest BCUT2D eigenvalue weighted by molar-refractivity contribution is -0.290. The Hall–Kier alpha value is -3.41. The Morgan fingerprint density at radius 3 is 2.41 bits per heavy atom. The van der Waals surface area contributed by atoms with Crippen molar-refractivity contribution < 1.29 is 22.7 Å². The normalized spacial score (nSPS) is 31.3. The molecule has 1 spiro atoms. The minimum absolute atomic E-state index is 0.0794. The number of carbonyl (C=O) groups is 2. The van der Waals surface area contributed by atoms with E-state index < -0.39 is 21.5 Å². The van der Waals surface area contributed by atoms with Gasteiger partial charge in [-0.05, 0) is 100.0 Å². The monoisotopic (exact) mass is 685 g/mol. The van der Waals surface area contributed by atoms with E-state index >= 15 is 4.79 Å². The number of carbonyl (C=O) groups excluding carboxylic acids is 2. The van der Waals surface area contributed by atoms with Gasteiger partial charge in [0.1, 0.15) is 5.75 Å². The van der Waals surface area contributed by atoms with Gasteiger partial charge >= 0.3 is 10.2 Å². The summed E-state index contributed by atoms with van der Waals surface area (Å²) in [5, 5.41) is 1.09. The Morgan fingerprint density at radius 2 is 1.76 bits per heavy atom. The number of rotatable bonds is 7. The van der Waals surface area contributed by atoms with Gasteiger partial charge in [0.15, 0.2) is 0 Å². The smallest absolute Gasteiger partial charge is 0.303 e. The number of piperidine rings is 2. The lowest BCUT2D eigenvalue weighted by atomic mass is 9.39. The van der Waals surface area contributed by atoms with Gasteiger partial charge in [-0.2, -0.15) is 12.7 Å². The minimum atomic E-state index is -3.97. The van der Waals surface area contributed by atoms with Crippen molar-refractivity contribution >= 4 is 32.9 Å². The number of hydrogen-bond donors (Lipinski definition) is 1. The van der Waals surface area contributed by atoms with Crippen LogP contribution >= 0.6 is 0 Å². The predicted octanol–water partition coefficient (Wildman–Crippen LogP) is 5.08. The van der Waals surface area contributed by atoms with Crippen molar-refractivity contribution in [2.75, 3.05) is 35.3 Å². The first kappa shape index (κ1) is 31.6. The van der Waals surface area contributed by atoms with E-state index in [4.69, 9.17) is 4.74 Å². The zero-order valence-corrected chi connectivity index (χ0v) is 30.0. The van der Waals surface area contributed by atoms with Crippen molar-refractivity contribution in [3.8, 4) is 17.0 Å². The van der Waals surface area contributed by atoms with E-state index in [-0.39, 0.29) is 22.8 Å². The molecule has 6 atom stereocenters. The van der Waals surface area contributed by atoms with Crippen LogP contribution in [0, 0.1) is 10.8 Å². The van der Waals surface area contributed by atoms with Gasteiger partial charge in [0.2, 0.25) is 5.91 Å². The second kappa shape index (κ2) is 10.6. The second-order valence-corrected chi connectivity index (χ2v) is 18.0. The van der Waals surface area contributed by atoms with E-state index in [0.717, 1.165) is 64.3 Å². The average Bonchev–Trinajstić information content (AvgIpc) is 3.72. The lowest BCUT2D eigenvalue weighted by Gasteiger charge is -2.80. The van der Waals surface area contributed by atoms with Crippen molar-refractivity contribution in [2.24, 2.45) is 10.8 Å². The molecule has 0 radical (unpaired) electrons. The molecule has 0 bridgehead atoms. The predicted molar refractivity (Wildman–Crippen MR) is 188 cm³/mol. The van der Waals surface area contributed by atoms with Crippen LogP contribution in [-0.4, -0.2) is 92.3 Å². The number of fused-ring (bicyclic) bond motifs is 7. The van der Waals surface area contributed by atoms with Crippen molar-refractivity contribution in [1.29, 1.82) is 0 Å². The third kappa shape index (κ3) is 4.15. The van der Waals surface area contributed by atoms with Gasteiger partial charge in [-0.3, -0.25) is 9.59 Å². The van der Waals surface area contributed by atoms with Crippen LogP contribution in [0.4, 0.5) is 0 Å². The molecule has 2 amide bonds. The second-order valence-electron chi connectivity index (χ2n) is 16.1. The van der Waals surface area contributed by atoms with Gasteiger partial charge < -0.3 is 19.1 Å². The van der Waals surface area contributed by atoms with Gasteiger partial charge in [0.25, 0.3) is 5.91 Å². The van der Waals surface area contributed by atoms with Gasteiger partial charge in [-0.15, -0.1) is 0 Å². The van der Waals surface area contributed by atoms with E-state index in [0.29, 0.717) is 30.6 Å². The first-order chi connectivity index (χ1) is 23.4. The summed E-state index contributed by atoms with van der Waals surface area (Å²) in [5.41, 5.74) is 5.63. The molecule has 3 heterocycles. The van der Waals surface area contributed by atoms with E-state index in [1.165, 1.54) is 50.9 Å². The van der Waals surface area contributed by atoms with Gasteiger partial charge in [-0.25, -0.2) is 4.72 Å². The summed E-state index contributed by atoms with van der Waals surface area (Å²) in [6, 6.07) is 13.2. The van der Waals surface area contributed by atoms with Crippen LogP contribution in [0.5, 0.6) is 5.75 Å². The van der Waals surface area contributed by atoms with Crippen LogP contribution in [0.25, 0.3) is 22.2 Å². The van der Waals surface area contributed by atoms with Crippen molar-refractivity contribution in [1.82, 2.24) is 23.4 Å². The van der Waals surface area contributed by atoms with Crippen molar-refractivity contribution in [2.45, 2.75) is 94.3 Å². The van der Waals surface area contributed by atoms with Crippen LogP contribution in [0.1, 0.15) is 91.1 Å². The Balaban J connectivity index is 1.20. The number of amides is 2. The Labute approximate surface area is 288 Å². The SMILES string of the molecule is COc1ccc2c(c1)C1CC1(C(=O)N1C3CCC34C(N(C)C)CC14)Cn1c-2c(C2CCCCC2)c2ccc(C(=O)NS(=O)(=O)N(C)C)cc21. The molecule has 49 heavy (non-hydrogen) atoms. The highest BCUT2D eigenvalue weighted by Gasteiger charge is 2.79. The molecule has 11 heteroatoms. The molecule has 260 valence electrons. The fourth-order valence-electron chi connectivity index (χ4n) is 10.9. The molecule has 1 saturated heterocycles. The van der Waals surface area contributed by atoms with Crippen LogP contribution in [0.15, 0.2) is 36.4 Å². The summed E-state index contributed by atoms with van der Waals surface area (Å²) in [4.78, 5) is 33.2. The van der Waals surface area contributed by atoms with Gasteiger partial charge in [0, 0.05) is 72.1 Å². The third-order valence-corrected chi connectivity index (χ3v) is 15.0. The van der Waals surface area contributed by atoms with Crippen LogP contribution in [0.2, 0.25) is 0 Å². The first-order valence-corrected chi connectivity index (χ1v) is 19.4. The summed E-state index contributed by atoms with van der Waals surface area (Å²) in [6.07, 6.45) is 9.88. The van der Waals surface area contributed by atoms with Crippen LogP contribution in [-0.2, 0) is 21.5 Å². The van der Waals surface area contributed by atoms with Gasteiger partial charge in [-0.1, -0.05) is 25.3 Å². The number of nitrogens with one attached hydrogen (secondary N) is 1. The number of nitrogens with zero attached hydrogens (tertiary/aromatic N) is 4. The molecular weight excluding hydrogens is 639 g/mol. The summed E-state index contributed by atoms with van der Waals surface area (Å²) >= 11 is 0. The molecule has 6 aliphatic rings. The maximum absolute atomic E-state index is 15.1. The lowest BCUT2D eigenvalue weighted by Crippen LogP contribution is -2.89. The largest absolute Gasteiger partial charge is 0.497 e. The van der Waals surface area contributed by atoms with Gasteiger partial charge in [0.05, 0.1) is 18.2 Å². The quantitative estimate of drug-likeness (QED) is 0.372. The molecule has 5 fully saturated rings. The van der Waals surface area contributed by atoms with E-state index in [9.17, 15) is 13.2 Å². The van der Waals surface area contributed by atoms with Crippen LogP contribution < -0.4 is 9.46 Å².